The van der Waals surface area contributed by atoms with Gasteiger partial charge in [0.15, 0.2) is 23.1 Å². The van der Waals surface area contributed by atoms with Crippen LogP contribution in [0.2, 0.25) is 0 Å². The van der Waals surface area contributed by atoms with Gasteiger partial charge in [0.1, 0.15) is 0 Å². The average molecular weight is 899 g/mol. The number of hydrogen-bond acceptors (Lipinski definition) is 10. The van der Waals surface area contributed by atoms with E-state index in [0.29, 0.717) is 48.6 Å². The Labute approximate surface area is 389 Å². The van der Waals surface area contributed by atoms with E-state index in [1.807, 2.05) is 60.7 Å². The maximum Gasteiger partial charge on any atom is 0.167 e. The van der Waals surface area contributed by atoms with E-state index in [0.717, 1.165) is 54.3 Å². The van der Waals surface area contributed by atoms with Crippen LogP contribution in [0.25, 0.3) is 0 Å². The van der Waals surface area contributed by atoms with Gasteiger partial charge in [-0.1, -0.05) is 145 Å². The standard InChI is InChI=1S/C54H66N4O4S2/c1-53(2,3)43-27-39(51(63-22-20-55)41(29-43)33-49(61)45(57)24-35-14-9-7-10-15-35)31-47(59)37-18-13-19-38(26-37)48(60)32-40-28-44(54(4,5)6)30-42(52(40)64-23-21-56)34-50(62)46(58)25-36-16-11-8-12-17-36/h7-19,26-30,45-46H,20-25,31-34,55-58H2,1-6H3/t45-,46-/m0/s1. The molecule has 5 aromatic rings. The van der Waals surface area contributed by atoms with Gasteiger partial charge in [0, 0.05) is 71.2 Å². The molecule has 8 N–H and O–H groups in total. The van der Waals surface area contributed by atoms with Crippen molar-refractivity contribution < 1.29 is 19.2 Å². The summed E-state index contributed by atoms with van der Waals surface area (Å²) in [5, 5.41) is 0. The summed E-state index contributed by atoms with van der Waals surface area (Å²) in [5.74, 6) is 0.780. The molecular weight excluding hydrogens is 833 g/mol. The highest BCUT2D eigenvalue weighted by Crippen LogP contribution is 2.36. The zero-order valence-corrected chi connectivity index (χ0v) is 40.0. The van der Waals surface area contributed by atoms with E-state index in [9.17, 15) is 19.2 Å². The van der Waals surface area contributed by atoms with Gasteiger partial charge in [0.25, 0.3) is 0 Å². The van der Waals surface area contributed by atoms with Crippen molar-refractivity contribution in [2.45, 2.75) is 113 Å². The number of carbonyl (C=O) groups excluding carboxylic acids is 4. The first-order chi connectivity index (χ1) is 30.4. The maximum atomic E-state index is 14.3. The van der Waals surface area contributed by atoms with Gasteiger partial charge in [-0.05, 0) is 74.2 Å². The summed E-state index contributed by atoms with van der Waals surface area (Å²) in [7, 11) is 0. The zero-order chi connectivity index (χ0) is 46.6. The van der Waals surface area contributed by atoms with Crippen molar-refractivity contribution in [3.05, 3.63) is 165 Å². The predicted octanol–water partition coefficient (Wildman–Crippen LogP) is 8.60. The molecule has 8 nitrogen and oxygen atoms in total. The van der Waals surface area contributed by atoms with Gasteiger partial charge in [-0.25, -0.2) is 0 Å². The Morgan fingerprint density at radius 3 is 1.16 bits per heavy atom. The Hall–Kier alpha value is -4.68. The molecule has 0 fully saturated rings. The molecule has 0 radical (unpaired) electrons. The zero-order valence-electron chi connectivity index (χ0n) is 38.4. The lowest BCUT2D eigenvalue weighted by Crippen LogP contribution is -2.34. The molecule has 5 rings (SSSR count). The summed E-state index contributed by atoms with van der Waals surface area (Å²) in [4.78, 5) is 57.8. The largest absolute Gasteiger partial charge is 0.330 e. The Kier molecular flexibility index (Phi) is 18.1. The van der Waals surface area contributed by atoms with Gasteiger partial charge in [0.2, 0.25) is 0 Å². The molecule has 10 heteroatoms. The summed E-state index contributed by atoms with van der Waals surface area (Å²) in [6, 6.07) is 33.4. The molecule has 0 saturated heterocycles. The van der Waals surface area contributed by atoms with E-state index in [1.54, 1.807) is 47.8 Å². The molecule has 0 aliphatic rings. The number of ketones is 4. The highest BCUT2D eigenvalue weighted by Gasteiger charge is 2.26. The number of thioether (sulfide) groups is 2. The Morgan fingerprint density at radius 2 is 0.828 bits per heavy atom. The smallest absolute Gasteiger partial charge is 0.167 e. The molecule has 0 aliphatic carbocycles. The SMILES string of the molecule is CC(C)(C)c1cc(CC(=O)c2cccc(C(=O)Cc3cc(C(C)(C)C)cc(CC(=O)[C@@H](N)Cc4ccccc4)c3SCCN)c2)c(SCCN)c(CC(=O)[C@@H](N)Cc2ccccc2)c1. The third-order valence-corrected chi connectivity index (χ3v) is 13.8. The lowest BCUT2D eigenvalue weighted by molar-refractivity contribution is -0.120. The molecule has 338 valence electrons. The minimum atomic E-state index is -0.679. The lowest BCUT2D eigenvalue weighted by atomic mass is 9.83. The second-order valence-electron chi connectivity index (χ2n) is 18.7. The number of benzene rings is 5. The minimum Gasteiger partial charge on any atom is -0.330 e. The molecule has 64 heavy (non-hydrogen) atoms. The molecule has 0 aromatic heterocycles. The minimum absolute atomic E-state index is 0.0725. The van der Waals surface area contributed by atoms with Gasteiger partial charge >= 0.3 is 0 Å². The van der Waals surface area contributed by atoms with E-state index in [2.05, 4.69) is 65.8 Å². The van der Waals surface area contributed by atoms with Crippen LogP contribution < -0.4 is 22.9 Å². The van der Waals surface area contributed by atoms with Gasteiger partial charge in [0.05, 0.1) is 12.1 Å². The molecule has 2 atom stereocenters. The fourth-order valence-electron chi connectivity index (χ4n) is 7.61. The summed E-state index contributed by atoms with van der Waals surface area (Å²) < 4.78 is 0. The Balaban J connectivity index is 1.44. The summed E-state index contributed by atoms with van der Waals surface area (Å²) in [6.07, 6.45) is 1.28. The molecule has 0 unspecified atom stereocenters. The monoisotopic (exact) mass is 898 g/mol. The van der Waals surface area contributed by atoms with Gasteiger partial charge in [-0.2, -0.15) is 0 Å². The first kappa shape index (κ1) is 50.3. The van der Waals surface area contributed by atoms with Crippen LogP contribution in [0.4, 0.5) is 0 Å². The molecule has 5 aromatic carbocycles. The van der Waals surface area contributed by atoms with E-state index < -0.39 is 12.1 Å². The van der Waals surface area contributed by atoms with E-state index in [1.165, 1.54) is 0 Å². The quantitative estimate of drug-likeness (QED) is 0.0390. The molecule has 0 bridgehead atoms. The molecule has 0 spiro atoms. The van der Waals surface area contributed by atoms with Crippen LogP contribution in [-0.4, -0.2) is 59.8 Å². The van der Waals surface area contributed by atoms with Crippen molar-refractivity contribution >= 4 is 46.7 Å². The fraction of sp³-hybridized carbons (Fsp3) is 0.370. The molecule has 0 amide bonds. The van der Waals surface area contributed by atoms with Crippen LogP contribution in [0.5, 0.6) is 0 Å². The fourth-order valence-corrected chi connectivity index (χ4v) is 9.52. The topological polar surface area (TPSA) is 172 Å². The van der Waals surface area contributed by atoms with Crippen molar-refractivity contribution in [3.63, 3.8) is 0 Å². The molecule has 0 saturated carbocycles. The Bertz CT molecular complexity index is 2240. The van der Waals surface area contributed by atoms with E-state index >= 15 is 0 Å². The van der Waals surface area contributed by atoms with Crippen LogP contribution in [0.15, 0.2) is 119 Å². The van der Waals surface area contributed by atoms with E-state index in [-0.39, 0.29) is 59.6 Å². The van der Waals surface area contributed by atoms with Crippen LogP contribution in [0.3, 0.4) is 0 Å². The number of hydrogen-bond donors (Lipinski definition) is 4. The van der Waals surface area contributed by atoms with Crippen molar-refractivity contribution in [3.8, 4) is 0 Å². The van der Waals surface area contributed by atoms with Gasteiger partial charge < -0.3 is 22.9 Å². The highest BCUT2D eigenvalue weighted by atomic mass is 32.2. The van der Waals surface area contributed by atoms with Gasteiger partial charge in [-0.3, -0.25) is 19.2 Å². The predicted molar refractivity (Wildman–Crippen MR) is 266 cm³/mol. The first-order valence-electron chi connectivity index (χ1n) is 22.2. The van der Waals surface area contributed by atoms with Crippen molar-refractivity contribution in [1.29, 1.82) is 0 Å². The van der Waals surface area contributed by atoms with Crippen LogP contribution >= 0.6 is 23.5 Å². The van der Waals surface area contributed by atoms with Crippen LogP contribution in [0, 0.1) is 0 Å². The van der Waals surface area contributed by atoms with Gasteiger partial charge in [-0.15, -0.1) is 23.5 Å². The number of Topliss-reactive ketones (excluding diaryl/α,β-unsaturated/α-hetero) is 4. The summed E-state index contributed by atoms with van der Waals surface area (Å²) in [6.45, 7) is 13.5. The third kappa shape index (κ3) is 14.2. The van der Waals surface area contributed by atoms with Crippen molar-refractivity contribution in [2.75, 3.05) is 24.6 Å². The maximum absolute atomic E-state index is 14.3. The number of nitrogens with two attached hydrogens (primary N) is 4. The first-order valence-corrected chi connectivity index (χ1v) is 24.1. The molecule has 0 aliphatic heterocycles. The van der Waals surface area contributed by atoms with Crippen LogP contribution in [-0.2, 0) is 58.9 Å². The van der Waals surface area contributed by atoms with Crippen molar-refractivity contribution in [1.82, 2.24) is 0 Å². The number of rotatable bonds is 22. The second-order valence-corrected chi connectivity index (χ2v) is 20.9. The third-order valence-electron chi connectivity index (χ3n) is 11.3. The Morgan fingerprint density at radius 1 is 0.484 bits per heavy atom. The lowest BCUT2D eigenvalue weighted by Gasteiger charge is -2.24. The average Bonchev–Trinajstić information content (AvgIpc) is 3.25. The highest BCUT2D eigenvalue weighted by molar-refractivity contribution is 7.99. The second kappa shape index (κ2) is 23.0. The number of carbonyl (C=O) groups is 4. The molecule has 0 heterocycles. The summed E-state index contributed by atoms with van der Waals surface area (Å²) >= 11 is 3.10. The molecular formula is C54H66N4O4S2. The normalized spacial score (nSPS) is 12.8. The van der Waals surface area contributed by atoms with E-state index in [4.69, 9.17) is 22.9 Å². The summed E-state index contributed by atoms with van der Waals surface area (Å²) in [5.41, 5.74) is 32.6. The van der Waals surface area contributed by atoms with Crippen LogP contribution in [0.1, 0.15) is 107 Å². The van der Waals surface area contributed by atoms with Crippen molar-refractivity contribution in [2.24, 2.45) is 22.9 Å².